The van der Waals surface area contributed by atoms with Crippen molar-refractivity contribution >= 4 is 5.91 Å². The molecule has 1 saturated heterocycles. The molecule has 104 valence electrons. The molecular formula is C15H17N3O2. The van der Waals surface area contributed by atoms with E-state index in [1.54, 1.807) is 29.3 Å². The highest BCUT2D eigenvalue weighted by atomic mass is 16.5. The van der Waals surface area contributed by atoms with E-state index in [1.165, 1.54) is 0 Å². The van der Waals surface area contributed by atoms with Gasteiger partial charge in [0.25, 0.3) is 0 Å². The molecule has 2 rings (SSSR count). The van der Waals surface area contributed by atoms with Crippen LogP contribution in [0.15, 0.2) is 30.0 Å². The molecule has 0 radical (unpaired) electrons. The molecule has 1 fully saturated rings. The number of hydrogen-bond acceptors (Lipinski definition) is 4. The van der Waals surface area contributed by atoms with E-state index >= 15 is 0 Å². The summed E-state index contributed by atoms with van der Waals surface area (Å²) >= 11 is 0. The van der Waals surface area contributed by atoms with Gasteiger partial charge in [0.1, 0.15) is 6.10 Å². The number of carbonyl (C=O) groups excluding carboxylic acids is 1. The number of rotatable bonds is 3. The Bertz CT molecular complexity index is 571. The van der Waals surface area contributed by atoms with E-state index in [9.17, 15) is 4.79 Å². The SMILES string of the molecule is CC(C)=CC(=O)N1CCC(Oc2cc(C#N)ccn2)C1. The largest absolute Gasteiger partial charge is 0.472 e. The number of likely N-dealkylation sites (tertiary alicyclic amines) is 1. The van der Waals surface area contributed by atoms with Crippen LogP contribution in [0, 0.1) is 11.3 Å². The van der Waals surface area contributed by atoms with Crippen molar-refractivity contribution in [1.82, 2.24) is 9.88 Å². The maximum absolute atomic E-state index is 11.9. The van der Waals surface area contributed by atoms with Gasteiger partial charge >= 0.3 is 0 Å². The molecule has 5 nitrogen and oxygen atoms in total. The highest BCUT2D eigenvalue weighted by Crippen LogP contribution is 2.17. The lowest BCUT2D eigenvalue weighted by Crippen LogP contribution is -2.29. The first-order valence-corrected chi connectivity index (χ1v) is 6.55. The van der Waals surface area contributed by atoms with Crippen LogP contribution in [0.5, 0.6) is 5.88 Å². The Hall–Kier alpha value is -2.35. The Kier molecular flexibility index (Phi) is 4.36. The molecule has 2 heterocycles. The molecule has 1 aliphatic heterocycles. The summed E-state index contributed by atoms with van der Waals surface area (Å²) in [6.07, 6.45) is 3.90. The summed E-state index contributed by atoms with van der Waals surface area (Å²) in [5, 5.41) is 8.83. The molecule has 1 aromatic heterocycles. The Labute approximate surface area is 118 Å². The van der Waals surface area contributed by atoms with Gasteiger partial charge in [-0.1, -0.05) is 5.57 Å². The molecule has 0 bridgehead atoms. The summed E-state index contributed by atoms with van der Waals surface area (Å²) in [7, 11) is 0. The number of pyridine rings is 1. The third kappa shape index (κ3) is 3.58. The average molecular weight is 271 g/mol. The van der Waals surface area contributed by atoms with Crippen LogP contribution < -0.4 is 4.74 Å². The molecule has 0 aliphatic carbocycles. The van der Waals surface area contributed by atoms with Crippen LogP contribution in [-0.4, -0.2) is 35.0 Å². The van der Waals surface area contributed by atoms with Crippen molar-refractivity contribution < 1.29 is 9.53 Å². The number of amides is 1. The van der Waals surface area contributed by atoms with Crippen molar-refractivity contribution in [1.29, 1.82) is 5.26 Å². The molecule has 1 unspecified atom stereocenters. The normalized spacial score (nSPS) is 17.4. The van der Waals surface area contributed by atoms with Crippen molar-refractivity contribution in [2.75, 3.05) is 13.1 Å². The van der Waals surface area contributed by atoms with E-state index in [2.05, 4.69) is 4.98 Å². The molecule has 0 spiro atoms. The lowest BCUT2D eigenvalue weighted by Gasteiger charge is -2.15. The van der Waals surface area contributed by atoms with E-state index in [-0.39, 0.29) is 12.0 Å². The lowest BCUT2D eigenvalue weighted by molar-refractivity contribution is -0.125. The predicted molar refractivity (Wildman–Crippen MR) is 74.0 cm³/mol. The Morgan fingerprint density at radius 1 is 1.60 bits per heavy atom. The number of nitrogens with zero attached hydrogens (tertiary/aromatic N) is 3. The van der Waals surface area contributed by atoms with Crippen molar-refractivity contribution in [3.8, 4) is 11.9 Å². The zero-order valence-electron chi connectivity index (χ0n) is 11.7. The van der Waals surface area contributed by atoms with Crippen LogP contribution in [0.4, 0.5) is 0 Å². The predicted octanol–water partition coefficient (Wildman–Crippen LogP) is 1.90. The van der Waals surface area contributed by atoms with Crippen LogP contribution in [-0.2, 0) is 4.79 Å². The summed E-state index contributed by atoms with van der Waals surface area (Å²) in [5.41, 5.74) is 1.51. The quantitative estimate of drug-likeness (QED) is 0.787. The van der Waals surface area contributed by atoms with Gasteiger partial charge in [0.05, 0.1) is 18.2 Å². The van der Waals surface area contributed by atoms with Crippen molar-refractivity contribution in [3.63, 3.8) is 0 Å². The van der Waals surface area contributed by atoms with Crippen LogP contribution in [0.1, 0.15) is 25.8 Å². The van der Waals surface area contributed by atoms with Gasteiger partial charge in [-0.2, -0.15) is 5.26 Å². The zero-order chi connectivity index (χ0) is 14.5. The van der Waals surface area contributed by atoms with Gasteiger partial charge in [-0.15, -0.1) is 0 Å². The summed E-state index contributed by atoms with van der Waals surface area (Å²) in [6.45, 7) is 5.05. The number of carbonyl (C=O) groups is 1. The molecule has 5 heteroatoms. The molecule has 1 aromatic rings. The number of nitriles is 1. The van der Waals surface area contributed by atoms with Crippen LogP contribution in [0.3, 0.4) is 0 Å². The maximum atomic E-state index is 11.9. The maximum Gasteiger partial charge on any atom is 0.246 e. The summed E-state index contributed by atoms with van der Waals surface area (Å²) in [4.78, 5) is 17.7. The van der Waals surface area contributed by atoms with E-state index in [4.69, 9.17) is 10.00 Å². The topological polar surface area (TPSA) is 66.2 Å². The van der Waals surface area contributed by atoms with E-state index < -0.39 is 0 Å². The molecule has 1 amide bonds. The minimum atomic E-state index is -0.0639. The molecular weight excluding hydrogens is 254 g/mol. The second-order valence-corrected chi connectivity index (χ2v) is 5.03. The minimum absolute atomic E-state index is 0.0230. The van der Waals surface area contributed by atoms with Crippen LogP contribution >= 0.6 is 0 Å². The highest BCUT2D eigenvalue weighted by molar-refractivity contribution is 5.88. The summed E-state index contributed by atoms with van der Waals surface area (Å²) < 4.78 is 5.73. The second-order valence-electron chi connectivity index (χ2n) is 5.03. The first-order chi connectivity index (χ1) is 9.58. The smallest absolute Gasteiger partial charge is 0.246 e. The Balaban J connectivity index is 1.95. The lowest BCUT2D eigenvalue weighted by atomic mass is 10.3. The molecule has 1 atom stereocenters. The number of aromatic nitrogens is 1. The molecule has 0 aromatic carbocycles. The first-order valence-electron chi connectivity index (χ1n) is 6.55. The molecule has 20 heavy (non-hydrogen) atoms. The van der Waals surface area contributed by atoms with Gasteiger partial charge in [0.2, 0.25) is 11.8 Å². The van der Waals surface area contributed by atoms with Gasteiger partial charge in [0, 0.05) is 31.3 Å². The van der Waals surface area contributed by atoms with E-state index in [0.717, 1.165) is 12.0 Å². The Morgan fingerprint density at radius 2 is 2.40 bits per heavy atom. The number of allylic oxidation sites excluding steroid dienone is 1. The van der Waals surface area contributed by atoms with E-state index in [0.29, 0.717) is 24.5 Å². The van der Waals surface area contributed by atoms with Crippen LogP contribution in [0.25, 0.3) is 0 Å². The van der Waals surface area contributed by atoms with Crippen LogP contribution in [0.2, 0.25) is 0 Å². The Morgan fingerprint density at radius 3 is 3.10 bits per heavy atom. The van der Waals surface area contributed by atoms with Gasteiger partial charge in [-0.25, -0.2) is 4.98 Å². The first kappa shape index (κ1) is 14.1. The third-order valence-corrected chi connectivity index (χ3v) is 3.02. The molecule has 0 saturated carbocycles. The minimum Gasteiger partial charge on any atom is -0.472 e. The zero-order valence-corrected chi connectivity index (χ0v) is 11.7. The van der Waals surface area contributed by atoms with Gasteiger partial charge in [-0.3, -0.25) is 4.79 Å². The van der Waals surface area contributed by atoms with Crippen molar-refractivity contribution in [2.45, 2.75) is 26.4 Å². The summed E-state index contributed by atoms with van der Waals surface area (Å²) in [6, 6.07) is 5.29. The molecule has 1 aliphatic rings. The van der Waals surface area contributed by atoms with Gasteiger partial charge in [-0.05, 0) is 19.9 Å². The monoisotopic (exact) mass is 271 g/mol. The highest BCUT2D eigenvalue weighted by Gasteiger charge is 2.26. The number of ether oxygens (including phenoxy) is 1. The fourth-order valence-electron chi connectivity index (χ4n) is 2.08. The fraction of sp³-hybridized carbons (Fsp3) is 0.400. The average Bonchev–Trinajstić information content (AvgIpc) is 2.87. The standard InChI is InChI=1S/C15H17N3O2/c1-11(2)7-15(19)18-6-4-13(10-18)20-14-8-12(9-16)3-5-17-14/h3,5,7-8,13H,4,6,10H2,1-2H3. The molecule has 0 N–H and O–H groups in total. The number of hydrogen-bond donors (Lipinski definition) is 0. The fourth-order valence-corrected chi connectivity index (χ4v) is 2.08. The van der Waals surface area contributed by atoms with Crippen molar-refractivity contribution in [3.05, 3.63) is 35.5 Å². The van der Waals surface area contributed by atoms with Crippen molar-refractivity contribution in [2.24, 2.45) is 0 Å². The van der Waals surface area contributed by atoms with Gasteiger partial charge < -0.3 is 9.64 Å². The summed E-state index contributed by atoms with van der Waals surface area (Å²) in [5.74, 6) is 0.459. The third-order valence-electron chi connectivity index (χ3n) is 3.02. The van der Waals surface area contributed by atoms with Gasteiger partial charge in [0.15, 0.2) is 0 Å². The van der Waals surface area contributed by atoms with E-state index in [1.807, 2.05) is 19.9 Å². The second kappa shape index (κ2) is 6.20.